The Morgan fingerprint density at radius 1 is 0.296 bits per heavy atom. The van der Waals surface area contributed by atoms with Crippen molar-refractivity contribution in [1.82, 2.24) is 0 Å². The van der Waals surface area contributed by atoms with Crippen LogP contribution < -0.4 is 0 Å². The zero-order chi connectivity index (χ0) is 72.1. The molecule has 0 fully saturated rings. The molecule has 0 spiro atoms. The number of carbonyl (C=O) groups excluding carboxylic acids is 4. The van der Waals surface area contributed by atoms with E-state index in [1.54, 1.807) is 0 Å². The van der Waals surface area contributed by atoms with Gasteiger partial charge < -0.3 is 33.8 Å². The molecule has 582 valence electrons. The monoisotopic (exact) mass is 1440 g/mol. The van der Waals surface area contributed by atoms with E-state index in [0.717, 1.165) is 102 Å². The Hall–Kier alpha value is -1.94. The zero-order valence-electron chi connectivity index (χ0n) is 64.1. The lowest BCUT2D eigenvalue weighted by atomic mass is 9.99. The first-order valence-electron chi connectivity index (χ1n) is 41.0. The third-order valence-electron chi connectivity index (χ3n) is 18.8. The number of rotatable bonds is 78. The number of carbonyl (C=O) groups is 4. The van der Waals surface area contributed by atoms with E-state index in [4.69, 9.17) is 37.0 Å². The van der Waals surface area contributed by atoms with Crippen molar-refractivity contribution in [2.24, 2.45) is 11.8 Å². The van der Waals surface area contributed by atoms with E-state index in [1.807, 2.05) is 0 Å². The van der Waals surface area contributed by atoms with E-state index in [1.165, 1.54) is 231 Å². The predicted molar refractivity (Wildman–Crippen MR) is 400 cm³/mol. The van der Waals surface area contributed by atoms with Crippen molar-refractivity contribution in [2.45, 2.75) is 432 Å². The molecule has 0 bridgehead atoms. The van der Waals surface area contributed by atoms with Crippen LogP contribution in [0.2, 0.25) is 0 Å². The summed E-state index contributed by atoms with van der Waals surface area (Å²) in [4.78, 5) is 73.0. The van der Waals surface area contributed by atoms with Gasteiger partial charge in [-0.1, -0.05) is 363 Å². The summed E-state index contributed by atoms with van der Waals surface area (Å²) < 4.78 is 68.7. The van der Waals surface area contributed by atoms with Crippen molar-refractivity contribution in [3.8, 4) is 0 Å². The fourth-order valence-corrected chi connectivity index (χ4v) is 13.7. The lowest BCUT2D eigenvalue weighted by Gasteiger charge is -2.21. The van der Waals surface area contributed by atoms with Gasteiger partial charge in [-0.25, -0.2) is 9.13 Å². The maximum atomic E-state index is 13.1. The molecule has 98 heavy (non-hydrogen) atoms. The van der Waals surface area contributed by atoms with Crippen LogP contribution in [0.15, 0.2) is 0 Å². The standard InChI is InChI=1S/C79H154O17P2/c1-7-10-12-14-16-18-20-22-23-24-25-26-28-34-38-46-52-58-64-79(84)95-74(67-89-76(81)61-55-49-43-36-32-30-29-31-35-41-47-53-59-71(4)5)69-93-97(85,86)91-65-73(80)66-92-98(87,88)94-70-75(68-90-77(82)62-56-50-44-40-39-42-48-54-60-72(6)9-3)96-78(83)63-57-51-45-37-33-27-21-19-17-15-13-11-8-2/h71-75,80H,7-70H2,1-6H3,(H,85,86)(H,87,88)/t72?,73-,74-,75-/m1/s1. The first kappa shape index (κ1) is 96.1. The smallest absolute Gasteiger partial charge is 0.462 e. The lowest BCUT2D eigenvalue weighted by Crippen LogP contribution is -2.30. The van der Waals surface area contributed by atoms with Gasteiger partial charge in [0.2, 0.25) is 0 Å². The highest BCUT2D eigenvalue weighted by Gasteiger charge is 2.30. The van der Waals surface area contributed by atoms with Crippen LogP contribution in [0.4, 0.5) is 0 Å². The van der Waals surface area contributed by atoms with Crippen molar-refractivity contribution in [3.63, 3.8) is 0 Å². The van der Waals surface area contributed by atoms with E-state index in [2.05, 4.69) is 41.5 Å². The number of aliphatic hydroxyl groups excluding tert-OH is 1. The van der Waals surface area contributed by atoms with Crippen molar-refractivity contribution in [1.29, 1.82) is 0 Å². The Balaban J connectivity index is 5.26. The molecule has 0 radical (unpaired) electrons. The van der Waals surface area contributed by atoms with E-state index in [9.17, 15) is 43.2 Å². The van der Waals surface area contributed by atoms with Gasteiger partial charge in [-0.15, -0.1) is 0 Å². The molecule has 3 N–H and O–H groups in total. The number of ether oxygens (including phenoxy) is 4. The molecule has 0 heterocycles. The topological polar surface area (TPSA) is 237 Å². The Bertz CT molecular complexity index is 1890. The Morgan fingerprint density at radius 2 is 0.520 bits per heavy atom. The molecule has 3 unspecified atom stereocenters. The summed E-state index contributed by atoms with van der Waals surface area (Å²) >= 11 is 0. The van der Waals surface area contributed by atoms with Crippen LogP contribution >= 0.6 is 15.6 Å². The van der Waals surface area contributed by atoms with Gasteiger partial charge in [-0.3, -0.25) is 37.3 Å². The molecule has 0 aromatic rings. The van der Waals surface area contributed by atoms with Gasteiger partial charge in [0.25, 0.3) is 0 Å². The van der Waals surface area contributed by atoms with Crippen LogP contribution in [0.1, 0.15) is 414 Å². The van der Waals surface area contributed by atoms with E-state index < -0.39 is 97.5 Å². The van der Waals surface area contributed by atoms with E-state index >= 15 is 0 Å². The fraction of sp³-hybridized carbons (Fsp3) is 0.949. The van der Waals surface area contributed by atoms with Crippen LogP contribution in [0, 0.1) is 11.8 Å². The number of hydrogen-bond donors (Lipinski definition) is 3. The van der Waals surface area contributed by atoms with E-state index in [-0.39, 0.29) is 25.7 Å². The highest BCUT2D eigenvalue weighted by molar-refractivity contribution is 7.47. The average Bonchev–Trinajstić information content (AvgIpc) is 1.06. The molecule has 0 rings (SSSR count). The molecule has 0 aromatic heterocycles. The molecular formula is C79H154O17P2. The molecule has 0 saturated carbocycles. The Labute approximate surface area is 600 Å². The largest absolute Gasteiger partial charge is 0.472 e. The van der Waals surface area contributed by atoms with Crippen molar-refractivity contribution < 1.29 is 80.2 Å². The van der Waals surface area contributed by atoms with Crippen molar-refractivity contribution >= 4 is 39.5 Å². The minimum absolute atomic E-state index is 0.107. The van der Waals surface area contributed by atoms with Gasteiger partial charge in [0.05, 0.1) is 26.4 Å². The number of phosphoric acid groups is 2. The van der Waals surface area contributed by atoms with Crippen molar-refractivity contribution in [2.75, 3.05) is 39.6 Å². The summed E-state index contributed by atoms with van der Waals surface area (Å²) in [6.45, 7) is 9.64. The number of aliphatic hydroxyl groups is 1. The number of unbranched alkanes of at least 4 members (excludes halogenated alkanes) is 47. The third-order valence-corrected chi connectivity index (χ3v) is 20.7. The lowest BCUT2D eigenvalue weighted by molar-refractivity contribution is -0.161. The molecule has 19 heteroatoms. The van der Waals surface area contributed by atoms with Gasteiger partial charge in [0.15, 0.2) is 12.2 Å². The van der Waals surface area contributed by atoms with Crippen LogP contribution in [0.3, 0.4) is 0 Å². The van der Waals surface area contributed by atoms with Gasteiger partial charge in [0, 0.05) is 25.7 Å². The van der Waals surface area contributed by atoms with Crippen molar-refractivity contribution in [3.05, 3.63) is 0 Å². The quantitative estimate of drug-likeness (QED) is 0.0222. The van der Waals surface area contributed by atoms with Gasteiger partial charge >= 0.3 is 39.5 Å². The predicted octanol–water partition coefficient (Wildman–Crippen LogP) is 23.5. The van der Waals surface area contributed by atoms with Crippen LogP contribution in [-0.2, 0) is 65.4 Å². The second-order valence-electron chi connectivity index (χ2n) is 29.2. The summed E-state index contributed by atoms with van der Waals surface area (Å²) in [7, 11) is -9.92. The first-order valence-corrected chi connectivity index (χ1v) is 44.0. The maximum absolute atomic E-state index is 13.1. The molecule has 0 saturated heterocycles. The molecule has 6 atom stereocenters. The second-order valence-corrected chi connectivity index (χ2v) is 32.1. The number of hydrogen-bond acceptors (Lipinski definition) is 15. The molecule has 0 aliphatic rings. The Morgan fingerprint density at radius 3 is 0.776 bits per heavy atom. The molecule has 0 aliphatic heterocycles. The zero-order valence-corrected chi connectivity index (χ0v) is 65.9. The summed E-state index contributed by atoms with van der Waals surface area (Å²) in [5, 5.41) is 10.6. The van der Waals surface area contributed by atoms with Gasteiger partial charge in [-0.2, -0.15) is 0 Å². The van der Waals surface area contributed by atoms with E-state index in [0.29, 0.717) is 25.7 Å². The van der Waals surface area contributed by atoms with Gasteiger partial charge in [-0.05, 0) is 37.5 Å². The van der Waals surface area contributed by atoms with Crippen LogP contribution in [-0.4, -0.2) is 96.7 Å². The molecule has 0 amide bonds. The highest BCUT2D eigenvalue weighted by atomic mass is 31.2. The Kier molecular flexibility index (Phi) is 69.3. The minimum atomic E-state index is -4.96. The molecule has 0 aromatic carbocycles. The average molecular weight is 1440 g/mol. The van der Waals surface area contributed by atoms with Crippen LogP contribution in [0.25, 0.3) is 0 Å². The fourth-order valence-electron chi connectivity index (χ4n) is 12.2. The highest BCUT2D eigenvalue weighted by Crippen LogP contribution is 2.45. The number of esters is 4. The minimum Gasteiger partial charge on any atom is -0.462 e. The second kappa shape index (κ2) is 70.7. The summed E-state index contributed by atoms with van der Waals surface area (Å²) in [5.41, 5.74) is 0. The molecule has 0 aliphatic carbocycles. The summed E-state index contributed by atoms with van der Waals surface area (Å²) in [6.07, 6.45) is 59.5. The van der Waals surface area contributed by atoms with Gasteiger partial charge in [0.1, 0.15) is 19.3 Å². The SMILES string of the molecule is CCCCCCCCCCCCCCCCCCCCC(=O)O[C@H](COC(=O)CCCCCCCCCCCCCCC(C)C)COP(=O)(O)OC[C@@H](O)COP(=O)(O)OC[C@@H](COC(=O)CCCCCCCCCCC(C)CC)OC(=O)CCCCCCCCCCCCCCC. The van der Waals surface area contributed by atoms with Crippen LogP contribution in [0.5, 0.6) is 0 Å². The third kappa shape index (κ3) is 71.1. The molecular weight excluding hydrogens is 1280 g/mol. The number of phosphoric ester groups is 2. The first-order chi connectivity index (χ1) is 47.4. The maximum Gasteiger partial charge on any atom is 0.472 e. The summed E-state index contributed by atoms with van der Waals surface area (Å²) in [5.74, 6) is -0.550. The normalized spacial score (nSPS) is 14.2. The molecule has 17 nitrogen and oxygen atoms in total. The summed E-state index contributed by atoms with van der Waals surface area (Å²) in [6, 6.07) is 0.